The SMILES string of the molecule is CS(=O)(=O)O.N=C(N)c1ccccc1. The molecule has 0 spiro atoms. The van der Waals surface area contributed by atoms with Gasteiger partial charge in [0, 0.05) is 5.56 Å². The van der Waals surface area contributed by atoms with Gasteiger partial charge < -0.3 is 5.73 Å². The molecule has 78 valence electrons. The molecule has 0 aromatic heterocycles. The Kier molecular flexibility index (Phi) is 4.82. The standard InChI is InChI=1S/C7H8N2.CH4O3S/c8-7(9)6-4-2-1-3-5-6;1-5(2,3)4/h1-5H,(H3,8,9);1H3,(H,2,3,4). The maximum atomic E-state index is 9.19. The summed E-state index contributed by atoms with van der Waals surface area (Å²) in [5, 5.41) is 7.01. The van der Waals surface area contributed by atoms with Crippen LogP contribution in [0.3, 0.4) is 0 Å². The first kappa shape index (κ1) is 12.6. The zero-order valence-electron chi connectivity index (χ0n) is 7.64. The van der Waals surface area contributed by atoms with Crippen LogP contribution in [0.1, 0.15) is 5.56 Å². The highest BCUT2D eigenvalue weighted by Crippen LogP contribution is 1.94. The van der Waals surface area contributed by atoms with Gasteiger partial charge in [0.2, 0.25) is 0 Å². The van der Waals surface area contributed by atoms with Gasteiger partial charge in [-0.25, -0.2) is 0 Å². The highest BCUT2D eigenvalue weighted by molar-refractivity contribution is 7.85. The van der Waals surface area contributed by atoms with Crippen molar-refractivity contribution in [2.24, 2.45) is 5.73 Å². The first-order valence-electron chi connectivity index (χ1n) is 3.62. The maximum Gasteiger partial charge on any atom is 0.261 e. The van der Waals surface area contributed by atoms with Gasteiger partial charge >= 0.3 is 0 Å². The predicted molar refractivity (Wildman–Crippen MR) is 54.9 cm³/mol. The van der Waals surface area contributed by atoms with Crippen LogP contribution in [0.5, 0.6) is 0 Å². The Morgan fingerprint density at radius 1 is 1.36 bits per heavy atom. The third-order valence-corrected chi connectivity index (χ3v) is 1.08. The second-order valence-electron chi connectivity index (χ2n) is 2.51. The lowest BCUT2D eigenvalue weighted by atomic mass is 10.2. The van der Waals surface area contributed by atoms with Crippen molar-refractivity contribution >= 4 is 16.0 Å². The van der Waals surface area contributed by atoms with E-state index in [4.69, 9.17) is 15.7 Å². The molecule has 0 aliphatic rings. The number of hydrogen-bond acceptors (Lipinski definition) is 3. The molecule has 14 heavy (non-hydrogen) atoms. The molecule has 0 radical (unpaired) electrons. The number of nitrogens with two attached hydrogens (primary N) is 1. The first-order valence-corrected chi connectivity index (χ1v) is 5.47. The molecular weight excluding hydrogens is 204 g/mol. The molecule has 4 N–H and O–H groups in total. The van der Waals surface area contributed by atoms with E-state index in [0.717, 1.165) is 5.56 Å². The number of nitrogen functional groups attached to an aromatic ring is 1. The van der Waals surface area contributed by atoms with Crippen LogP contribution in [-0.2, 0) is 10.1 Å². The smallest absolute Gasteiger partial charge is 0.261 e. The minimum absolute atomic E-state index is 0.121. The quantitative estimate of drug-likeness (QED) is 0.360. The average Bonchev–Trinajstić information content (AvgIpc) is 2.03. The molecule has 0 fully saturated rings. The Balaban J connectivity index is 0.000000292. The fraction of sp³-hybridized carbons (Fsp3) is 0.125. The molecule has 0 atom stereocenters. The van der Waals surface area contributed by atoms with E-state index in [-0.39, 0.29) is 5.84 Å². The van der Waals surface area contributed by atoms with Crippen molar-refractivity contribution in [2.45, 2.75) is 0 Å². The highest BCUT2D eigenvalue weighted by atomic mass is 32.2. The van der Waals surface area contributed by atoms with Gasteiger partial charge in [-0.3, -0.25) is 9.96 Å². The van der Waals surface area contributed by atoms with Gasteiger partial charge in [0.05, 0.1) is 6.26 Å². The average molecular weight is 216 g/mol. The molecule has 0 bridgehead atoms. The van der Waals surface area contributed by atoms with Crippen LogP contribution in [0, 0.1) is 5.41 Å². The molecule has 1 rings (SSSR count). The fourth-order valence-corrected chi connectivity index (χ4v) is 0.618. The summed E-state index contributed by atoms with van der Waals surface area (Å²) < 4.78 is 25.9. The van der Waals surface area contributed by atoms with Crippen LogP contribution in [-0.4, -0.2) is 25.1 Å². The van der Waals surface area contributed by atoms with Crippen molar-refractivity contribution in [3.8, 4) is 0 Å². The zero-order valence-corrected chi connectivity index (χ0v) is 8.45. The fourth-order valence-electron chi connectivity index (χ4n) is 0.618. The molecule has 1 aromatic rings. The van der Waals surface area contributed by atoms with E-state index in [0.29, 0.717) is 6.26 Å². The van der Waals surface area contributed by atoms with Crippen molar-refractivity contribution in [3.05, 3.63) is 35.9 Å². The summed E-state index contributed by atoms with van der Waals surface area (Å²) in [4.78, 5) is 0. The van der Waals surface area contributed by atoms with Gasteiger partial charge in [-0.05, 0) is 0 Å². The van der Waals surface area contributed by atoms with E-state index >= 15 is 0 Å². The number of benzene rings is 1. The van der Waals surface area contributed by atoms with E-state index < -0.39 is 10.1 Å². The van der Waals surface area contributed by atoms with Crippen LogP contribution in [0.4, 0.5) is 0 Å². The van der Waals surface area contributed by atoms with Crippen LogP contribution in [0.15, 0.2) is 30.3 Å². The van der Waals surface area contributed by atoms with Crippen LogP contribution < -0.4 is 5.73 Å². The largest absolute Gasteiger partial charge is 0.384 e. The van der Waals surface area contributed by atoms with Crippen molar-refractivity contribution in [1.82, 2.24) is 0 Å². The van der Waals surface area contributed by atoms with Gasteiger partial charge in [-0.15, -0.1) is 0 Å². The molecule has 0 saturated heterocycles. The molecule has 0 aliphatic carbocycles. The second kappa shape index (κ2) is 5.36. The molecule has 1 aromatic carbocycles. The summed E-state index contributed by atoms with van der Waals surface area (Å²) in [6.45, 7) is 0. The van der Waals surface area contributed by atoms with E-state index in [1.165, 1.54) is 0 Å². The topological polar surface area (TPSA) is 104 Å². The molecule has 6 heteroatoms. The molecule has 0 amide bonds. The van der Waals surface area contributed by atoms with Crippen molar-refractivity contribution < 1.29 is 13.0 Å². The molecule has 5 nitrogen and oxygen atoms in total. The number of amidine groups is 1. The van der Waals surface area contributed by atoms with Gasteiger partial charge in [0.1, 0.15) is 5.84 Å². The van der Waals surface area contributed by atoms with Crippen molar-refractivity contribution in [3.63, 3.8) is 0 Å². The van der Waals surface area contributed by atoms with Gasteiger partial charge in [-0.1, -0.05) is 30.3 Å². The van der Waals surface area contributed by atoms with Crippen molar-refractivity contribution in [1.29, 1.82) is 5.41 Å². The Bertz CT molecular complexity index is 378. The van der Waals surface area contributed by atoms with Crippen LogP contribution in [0.2, 0.25) is 0 Å². The molecule has 0 aliphatic heterocycles. The van der Waals surface area contributed by atoms with E-state index in [1.807, 2.05) is 30.3 Å². The minimum atomic E-state index is -3.67. The number of rotatable bonds is 1. The lowest BCUT2D eigenvalue weighted by Crippen LogP contribution is -2.10. The van der Waals surface area contributed by atoms with Crippen LogP contribution >= 0.6 is 0 Å². The van der Waals surface area contributed by atoms with Crippen LogP contribution in [0.25, 0.3) is 0 Å². The maximum absolute atomic E-state index is 9.19. The number of nitrogens with one attached hydrogen (secondary N) is 1. The Labute approximate surface area is 82.8 Å². The number of hydrogen-bond donors (Lipinski definition) is 3. The van der Waals surface area contributed by atoms with Gasteiger partial charge in [0.25, 0.3) is 10.1 Å². The minimum Gasteiger partial charge on any atom is -0.384 e. The molecule has 0 saturated carbocycles. The summed E-state index contributed by atoms with van der Waals surface area (Å²) in [5.41, 5.74) is 5.97. The molecule has 0 heterocycles. The lowest BCUT2D eigenvalue weighted by molar-refractivity contribution is 0.490. The van der Waals surface area contributed by atoms with Gasteiger partial charge in [0.15, 0.2) is 0 Å². The Hall–Kier alpha value is -1.40. The normalized spacial score (nSPS) is 9.86. The lowest BCUT2D eigenvalue weighted by Gasteiger charge is -1.93. The summed E-state index contributed by atoms with van der Waals surface area (Å²) in [6.07, 6.45) is 0.715. The predicted octanol–water partition coefficient (Wildman–Crippen LogP) is 0.475. The second-order valence-corrected chi connectivity index (χ2v) is 3.98. The molecular formula is C8H12N2O3S. The van der Waals surface area contributed by atoms with Gasteiger partial charge in [-0.2, -0.15) is 8.42 Å². The Morgan fingerprint density at radius 2 is 1.71 bits per heavy atom. The summed E-state index contributed by atoms with van der Waals surface area (Å²) in [7, 11) is -3.67. The van der Waals surface area contributed by atoms with E-state index in [9.17, 15) is 8.42 Å². The summed E-state index contributed by atoms with van der Waals surface area (Å²) >= 11 is 0. The Morgan fingerprint density at radius 3 is 1.93 bits per heavy atom. The van der Waals surface area contributed by atoms with Crippen molar-refractivity contribution in [2.75, 3.05) is 6.26 Å². The van der Waals surface area contributed by atoms with E-state index in [2.05, 4.69) is 0 Å². The third kappa shape index (κ3) is 8.69. The molecule has 0 unspecified atom stereocenters. The zero-order chi connectivity index (χ0) is 11.2. The van der Waals surface area contributed by atoms with E-state index in [1.54, 1.807) is 0 Å². The third-order valence-electron chi connectivity index (χ3n) is 1.08. The summed E-state index contributed by atoms with van der Waals surface area (Å²) in [5.74, 6) is 0.121. The highest BCUT2D eigenvalue weighted by Gasteiger charge is 1.89. The summed E-state index contributed by atoms with van der Waals surface area (Å²) in [6, 6.07) is 9.23. The first-order chi connectivity index (χ1) is 6.30. The monoisotopic (exact) mass is 216 g/mol.